The Kier molecular flexibility index (Phi) is 6.45. The molecule has 0 unspecified atom stereocenters. The Morgan fingerprint density at radius 1 is 0.967 bits per heavy atom. The van der Waals surface area contributed by atoms with Gasteiger partial charge in [-0.2, -0.15) is 4.31 Å². The van der Waals surface area contributed by atoms with Gasteiger partial charge in [-0.05, 0) is 75.2 Å². The lowest BCUT2D eigenvalue weighted by Crippen LogP contribution is -2.56. The molecule has 162 valence electrons. The fourth-order valence-electron chi connectivity index (χ4n) is 3.38. The molecular weight excluding hydrogens is 424 g/mol. The van der Waals surface area contributed by atoms with E-state index in [2.05, 4.69) is 0 Å². The molecule has 1 amide bonds. The van der Waals surface area contributed by atoms with Gasteiger partial charge >= 0.3 is 0 Å². The van der Waals surface area contributed by atoms with Crippen molar-refractivity contribution in [3.05, 3.63) is 58.6 Å². The number of ether oxygens (including phenoxy) is 1. The maximum atomic E-state index is 13.0. The van der Waals surface area contributed by atoms with Crippen molar-refractivity contribution in [2.45, 2.75) is 38.2 Å². The summed E-state index contributed by atoms with van der Waals surface area (Å²) in [6.07, 6.45) is 0. The normalized spacial score (nSPS) is 15.8. The summed E-state index contributed by atoms with van der Waals surface area (Å²) in [4.78, 5) is 15.0. The minimum Gasteiger partial charge on any atom is -0.478 e. The highest BCUT2D eigenvalue weighted by Gasteiger charge is 2.37. The summed E-state index contributed by atoms with van der Waals surface area (Å²) in [7, 11) is -3.59. The van der Waals surface area contributed by atoms with Crippen LogP contribution in [0.15, 0.2) is 47.4 Å². The van der Waals surface area contributed by atoms with E-state index in [0.717, 1.165) is 11.1 Å². The fraction of sp³-hybridized carbons (Fsp3) is 0.409. The molecule has 1 aliphatic heterocycles. The number of nitrogens with zero attached hydrogens (tertiary/aromatic N) is 2. The largest absolute Gasteiger partial charge is 0.478 e. The van der Waals surface area contributed by atoms with Gasteiger partial charge in [-0.25, -0.2) is 8.42 Å². The standard InChI is InChI=1S/C22H27ClN2O4S/c1-16-5-10-20(15-17(16)2)30(27,28)25-13-11-24(12-14-25)21(26)22(3,4)29-19-8-6-18(23)7-9-19/h5-10,15H,11-14H2,1-4H3. The van der Waals surface area contributed by atoms with Gasteiger partial charge in [0.05, 0.1) is 4.90 Å². The van der Waals surface area contributed by atoms with Crippen molar-refractivity contribution in [3.8, 4) is 5.75 Å². The summed E-state index contributed by atoms with van der Waals surface area (Å²) < 4.78 is 33.3. The number of amides is 1. The summed E-state index contributed by atoms with van der Waals surface area (Å²) >= 11 is 5.89. The second-order valence-electron chi connectivity index (χ2n) is 8.01. The molecule has 3 rings (SSSR count). The summed E-state index contributed by atoms with van der Waals surface area (Å²) in [5, 5.41) is 0.590. The molecule has 0 N–H and O–H groups in total. The zero-order chi connectivity index (χ0) is 22.1. The van der Waals surface area contributed by atoms with Crippen molar-refractivity contribution in [2.24, 2.45) is 0 Å². The van der Waals surface area contributed by atoms with E-state index >= 15 is 0 Å². The molecule has 1 saturated heterocycles. The summed E-state index contributed by atoms with van der Waals surface area (Å²) in [5.74, 6) is 0.370. The third-order valence-corrected chi connectivity index (χ3v) is 7.49. The molecule has 2 aromatic carbocycles. The van der Waals surface area contributed by atoms with Crippen molar-refractivity contribution in [1.82, 2.24) is 9.21 Å². The quantitative estimate of drug-likeness (QED) is 0.697. The smallest absolute Gasteiger partial charge is 0.266 e. The molecule has 0 aliphatic carbocycles. The third kappa shape index (κ3) is 4.79. The zero-order valence-electron chi connectivity index (χ0n) is 17.7. The average molecular weight is 451 g/mol. The van der Waals surface area contributed by atoms with E-state index in [-0.39, 0.29) is 23.9 Å². The number of carbonyl (C=O) groups excluding carboxylic acids is 1. The molecule has 2 aromatic rings. The molecule has 0 spiro atoms. The zero-order valence-corrected chi connectivity index (χ0v) is 19.3. The monoisotopic (exact) mass is 450 g/mol. The topological polar surface area (TPSA) is 66.9 Å². The van der Waals surface area contributed by atoms with Gasteiger partial charge in [0, 0.05) is 31.2 Å². The van der Waals surface area contributed by atoms with Crippen LogP contribution in [0, 0.1) is 13.8 Å². The van der Waals surface area contributed by atoms with Crippen LogP contribution in [0.4, 0.5) is 0 Å². The number of piperazine rings is 1. The highest BCUT2D eigenvalue weighted by Crippen LogP contribution is 2.24. The van der Waals surface area contributed by atoms with E-state index in [1.165, 1.54) is 4.31 Å². The molecule has 1 heterocycles. The molecule has 0 saturated carbocycles. The predicted molar refractivity (Wildman–Crippen MR) is 117 cm³/mol. The number of aryl methyl sites for hydroxylation is 2. The highest BCUT2D eigenvalue weighted by atomic mass is 35.5. The third-order valence-electron chi connectivity index (χ3n) is 5.34. The van der Waals surface area contributed by atoms with Crippen LogP contribution >= 0.6 is 11.6 Å². The van der Waals surface area contributed by atoms with E-state index in [9.17, 15) is 13.2 Å². The lowest BCUT2D eigenvalue weighted by Gasteiger charge is -2.38. The molecule has 1 aliphatic rings. The number of halogens is 1. The van der Waals surface area contributed by atoms with E-state index < -0.39 is 15.6 Å². The molecule has 8 heteroatoms. The van der Waals surface area contributed by atoms with Crippen LogP contribution in [0.5, 0.6) is 5.75 Å². The summed E-state index contributed by atoms with van der Waals surface area (Å²) in [5.41, 5.74) is 0.904. The van der Waals surface area contributed by atoms with Crippen LogP contribution in [0.3, 0.4) is 0 Å². The summed E-state index contributed by atoms with van der Waals surface area (Å²) in [6, 6.07) is 12.0. The molecule has 6 nitrogen and oxygen atoms in total. The minimum absolute atomic E-state index is 0.180. The summed E-state index contributed by atoms with van der Waals surface area (Å²) in [6.45, 7) is 8.39. The first-order valence-corrected chi connectivity index (χ1v) is 11.6. The Hall–Kier alpha value is -2.09. The number of sulfonamides is 1. The van der Waals surface area contributed by atoms with E-state index in [4.69, 9.17) is 16.3 Å². The number of benzene rings is 2. The van der Waals surface area contributed by atoms with Gasteiger partial charge in [-0.3, -0.25) is 4.79 Å². The predicted octanol–water partition coefficient (Wildman–Crippen LogP) is 3.65. The molecule has 0 radical (unpaired) electrons. The van der Waals surface area contributed by atoms with Gasteiger partial charge in [0.25, 0.3) is 5.91 Å². The number of rotatable bonds is 5. The first kappa shape index (κ1) is 22.6. The first-order chi connectivity index (χ1) is 14.0. The number of hydrogen-bond acceptors (Lipinski definition) is 4. The Balaban J connectivity index is 1.65. The number of carbonyl (C=O) groups is 1. The average Bonchev–Trinajstić information content (AvgIpc) is 2.71. The van der Waals surface area contributed by atoms with Gasteiger partial charge in [-0.1, -0.05) is 17.7 Å². The van der Waals surface area contributed by atoms with Gasteiger partial charge in [0.15, 0.2) is 5.60 Å². The molecule has 1 fully saturated rings. The fourth-order valence-corrected chi connectivity index (χ4v) is 5.01. The Morgan fingerprint density at radius 3 is 2.13 bits per heavy atom. The van der Waals surface area contributed by atoms with Gasteiger partial charge in [0.2, 0.25) is 10.0 Å². The maximum absolute atomic E-state index is 13.0. The minimum atomic E-state index is -3.59. The van der Waals surface area contributed by atoms with Crippen LogP contribution in [0.25, 0.3) is 0 Å². The Bertz CT molecular complexity index is 1030. The lowest BCUT2D eigenvalue weighted by molar-refractivity contribution is -0.146. The SMILES string of the molecule is Cc1ccc(S(=O)(=O)N2CCN(C(=O)C(C)(C)Oc3ccc(Cl)cc3)CC2)cc1C. The van der Waals surface area contributed by atoms with Crippen molar-refractivity contribution < 1.29 is 17.9 Å². The van der Waals surface area contributed by atoms with Gasteiger partial charge in [-0.15, -0.1) is 0 Å². The maximum Gasteiger partial charge on any atom is 0.266 e. The van der Waals surface area contributed by atoms with Gasteiger partial charge < -0.3 is 9.64 Å². The highest BCUT2D eigenvalue weighted by molar-refractivity contribution is 7.89. The first-order valence-electron chi connectivity index (χ1n) is 9.82. The van der Waals surface area contributed by atoms with E-state index in [1.807, 2.05) is 19.9 Å². The molecular formula is C22H27ClN2O4S. The Morgan fingerprint density at radius 2 is 1.57 bits per heavy atom. The van der Waals surface area contributed by atoms with Crippen LogP contribution < -0.4 is 4.74 Å². The van der Waals surface area contributed by atoms with Crippen LogP contribution in [-0.2, 0) is 14.8 Å². The number of hydrogen-bond donors (Lipinski definition) is 0. The molecule has 0 atom stereocenters. The molecule has 0 bridgehead atoms. The van der Waals surface area contributed by atoms with Crippen LogP contribution in [-0.4, -0.2) is 55.3 Å². The lowest BCUT2D eigenvalue weighted by atomic mass is 10.1. The van der Waals surface area contributed by atoms with E-state index in [1.54, 1.807) is 55.1 Å². The van der Waals surface area contributed by atoms with Crippen LogP contribution in [0.2, 0.25) is 5.02 Å². The van der Waals surface area contributed by atoms with Crippen molar-refractivity contribution in [1.29, 1.82) is 0 Å². The second-order valence-corrected chi connectivity index (χ2v) is 10.4. The van der Waals surface area contributed by atoms with Crippen molar-refractivity contribution >= 4 is 27.5 Å². The van der Waals surface area contributed by atoms with Gasteiger partial charge in [0.1, 0.15) is 5.75 Å². The van der Waals surface area contributed by atoms with Crippen molar-refractivity contribution in [2.75, 3.05) is 26.2 Å². The molecule has 0 aromatic heterocycles. The Labute approximate surface area is 183 Å². The molecule has 30 heavy (non-hydrogen) atoms. The van der Waals surface area contributed by atoms with E-state index in [0.29, 0.717) is 23.9 Å². The van der Waals surface area contributed by atoms with Crippen LogP contribution in [0.1, 0.15) is 25.0 Å². The van der Waals surface area contributed by atoms with Crippen molar-refractivity contribution in [3.63, 3.8) is 0 Å². The second kappa shape index (κ2) is 8.57.